The molecule has 1 aliphatic rings. The fraction of sp³-hybridized carbons (Fsp3) is 0.400. The molecule has 7 nitrogen and oxygen atoms in total. The molecule has 1 N–H and O–H groups in total. The summed E-state index contributed by atoms with van der Waals surface area (Å²) in [5, 5.41) is 6.92. The highest BCUT2D eigenvalue weighted by molar-refractivity contribution is 7.15. The van der Waals surface area contributed by atoms with E-state index in [1.807, 2.05) is 21.4 Å². The van der Waals surface area contributed by atoms with E-state index >= 15 is 0 Å². The third-order valence-electron chi connectivity index (χ3n) is 3.88. The minimum absolute atomic E-state index is 0.0929. The first-order valence-corrected chi connectivity index (χ1v) is 9.41. The van der Waals surface area contributed by atoms with Crippen molar-refractivity contribution in [1.29, 1.82) is 0 Å². The van der Waals surface area contributed by atoms with Crippen molar-refractivity contribution in [3.8, 4) is 0 Å². The van der Waals surface area contributed by atoms with Crippen molar-refractivity contribution < 1.29 is 14.3 Å². The molecule has 4 rings (SSSR count). The van der Waals surface area contributed by atoms with Crippen LogP contribution in [0.2, 0.25) is 0 Å². The van der Waals surface area contributed by atoms with Crippen LogP contribution in [0.1, 0.15) is 22.6 Å². The van der Waals surface area contributed by atoms with Crippen molar-refractivity contribution in [2.24, 2.45) is 0 Å². The summed E-state index contributed by atoms with van der Waals surface area (Å²) >= 11 is 3.04. The van der Waals surface area contributed by atoms with Gasteiger partial charge in [-0.3, -0.25) is 9.20 Å². The monoisotopic (exact) mass is 364 g/mol. The quantitative estimate of drug-likeness (QED) is 0.749. The van der Waals surface area contributed by atoms with Crippen molar-refractivity contribution in [3.63, 3.8) is 0 Å². The molecule has 1 saturated heterocycles. The molecule has 1 aliphatic heterocycles. The van der Waals surface area contributed by atoms with Gasteiger partial charge in [0.15, 0.2) is 4.96 Å². The molecule has 0 aromatic carbocycles. The molecule has 0 bridgehead atoms. The topological polar surface area (TPSA) is 77.8 Å². The summed E-state index contributed by atoms with van der Waals surface area (Å²) in [6, 6.07) is -0.0929. The summed E-state index contributed by atoms with van der Waals surface area (Å²) in [7, 11) is 0. The number of carbonyl (C=O) groups is 1. The first-order chi connectivity index (χ1) is 11.8. The van der Waals surface area contributed by atoms with Gasteiger partial charge < -0.3 is 14.8 Å². The van der Waals surface area contributed by atoms with Gasteiger partial charge in [0.1, 0.15) is 11.8 Å². The Morgan fingerprint density at radius 2 is 2.50 bits per heavy atom. The SMILES string of the molecule is O=C(N[C@@H]1CCOC[C@H]1OCc1cscn1)c1cn2ccsc2n1. The molecule has 3 aromatic heterocycles. The van der Waals surface area contributed by atoms with Crippen LogP contribution in [0.25, 0.3) is 4.96 Å². The number of nitrogens with one attached hydrogen (secondary N) is 1. The van der Waals surface area contributed by atoms with Gasteiger partial charge in [-0.15, -0.1) is 22.7 Å². The van der Waals surface area contributed by atoms with Crippen LogP contribution in [0, 0.1) is 0 Å². The van der Waals surface area contributed by atoms with Crippen LogP contribution in [-0.4, -0.2) is 45.6 Å². The zero-order valence-corrected chi connectivity index (χ0v) is 14.4. The van der Waals surface area contributed by atoms with E-state index < -0.39 is 0 Å². The van der Waals surface area contributed by atoms with Crippen LogP contribution >= 0.6 is 22.7 Å². The summed E-state index contributed by atoms with van der Waals surface area (Å²) in [5.74, 6) is -0.181. The molecule has 0 aliphatic carbocycles. The zero-order valence-electron chi connectivity index (χ0n) is 12.8. The molecule has 0 unspecified atom stereocenters. The molecule has 1 amide bonds. The molecule has 3 aromatic rings. The number of fused-ring (bicyclic) bond motifs is 1. The van der Waals surface area contributed by atoms with Crippen molar-refractivity contribution >= 4 is 33.5 Å². The Morgan fingerprint density at radius 3 is 3.33 bits per heavy atom. The van der Waals surface area contributed by atoms with E-state index in [0.717, 1.165) is 17.1 Å². The van der Waals surface area contributed by atoms with Crippen LogP contribution in [0.15, 0.2) is 28.7 Å². The predicted molar refractivity (Wildman–Crippen MR) is 90.5 cm³/mol. The van der Waals surface area contributed by atoms with E-state index in [9.17, 15) is 4.79 Å². The smallest absolute Gasteiger partial charge is 0.271 e. The average Bonchev–Trinajstić information content (AvgIpc) is 3.31. The summed E-state index contributed by atoms with van der Waals surface area (Å²) in [4.78, 5) is 21.8. The highest BCUT2D eigenvalue weighted by Crippen LogP contribution is 2.16. The average molecular weight is 364 g/mol. The maximum Gasteiger partial charge on any atom is 0.271 e. The third kappa shape index (κ3) is 3.34. The van der Waals surface area contributed by atoms with E-state index in [4.69, 9.17) is 9.47 Å². The van der Waals surface area contributed by atoms with E-state index in [2.05, 4.69) is 15.3 Å². The lowest BCUT2D eigenvalue weighted by Crippen LogP contribution is -2.50. The van der Waals surface area contributed by atoms with Crippen LogP contribution in [0.4, 0.5) is 0 Å². The molecular formula is C15H16N4O3S2. The first kappa shape index (κ1) is 15.7. The van der Waals surface area contributed by atoms with Crippen LogP contribution in [0.5, 0.6) is 0 Å². The molecule has 126 valence electrons. The summed E-state index contributed by atoms with van der Waals surface area (Å²) in [5.41, 5.74) is 3.09. The molecule has 9 heteroatoms. The van der Waals surface area contributed by atoms with Crippen LogP contribution < -0.4 is 5.32 Å². The number of nitrogens with zero attached hydrogens (tertiary/aromatic N) is 3. The normalized spacial score (nSPS) is 21.2. The summed E-state index contributed by atoms with van der Waals surface area (Å²) in [6.07, 6.45) is 4.16. The highest BCUT2D eigenvalue weighted by Gasteiger charge is 2.29. The van der Waals surface area contributed by atoms with Gasteiger partial charge in [-0.2, -0.15) is 0 Å². The minimum Gasteiger partial charge on any atom is -0.379 e. The van der Waals surface area contributed by atoms with Gasteiger partial charge >= 0.3 is 0 Å². The van der Waals surface area contributed by atoms with Crippen molar-refractivity contribution in [2.75, 3.05) is 13.2 Å². The van der Waals surface area contributed by atoms with E-state index in [-0.39, 0.29) is 18.1 Å². The first-order valence-electron chi connectivity index (χ1n) is 7.59. The van der Waals surface area contributed by atoms with Gasteiger partial charge in [-0.25, -0.2) is 9.97 Å². The number of ether oxygens (including phenoxy) is 2. The van der Waals surface area contributed by atoms with E-state index in [1.165, 1.54) is 22.7 Å². The third-order valence-corrected chi connectivity index (χ3v) is 5.28. The van der Waals surface area contributed by atoms with Gasteiger partial charge in [0, 0.05) is 29.8 Å². The highest BCUT2D eigenvalue weighted by atomic mass is 32.1. The fourth-order valence-corrected chi connectivity index (χ4v) is 3.86. The Balaban J connectivity index is 1.40. The number of carbonyl (C=O) groups excluding carboxylic acids is 1. The molecule has 24 heavy (non-hydrogen) atoms. The number of rotatable bonds is 5. The van der Waals surface area contributed by atoms with E-state index in [0.29, 0.717) is 25.5 Å². The van der Waals surface area contributed by atoms with Crippen molar-refractivity contribution in [2.45, 2.75) is 25.2 Å². The number of imidazole rings is 1. The maximum absolute atomic E-state index is 12.5. The Morgan fingerprint density at radius 1 is 1.54 bits per heavy atom. The minimum atomic E-state index is -0.187. The van der Waals surface area contributed by atoms with Gasteiger partial charge in [-0.1, -0.05) is 0 Å². The zero-order chi connectivity index (χ0) is 16.4. The lowest BCUT2D eigenvalue weighted by Gasteiger charge is -2.31. The van der Waals surface area contributed by atoms with Crippen molar-refractivity contribution in [1.82, 2.24) is 19.7 Å². The second-order valence-corrected chi connectivity index (χ2v) is 7.08. The van der Waals surface area contributed by atoms with Crippen molar-refractivity contribution in [3.05, 3.63) is 40.1 Å². The largest absolute Gasteiger partial charge is 0.379 e. The molecule has 4 heterocycles. The molecule has 0 saturated carbocycles. The standard InChI is InChI=1S/C15H16N4O3S2/c20-14(12-5-19-2-4-24-15(19)18-12)17-11-1-3-21-7-13(11)22-6-10-8-23-9-16-10/h2,4-5,8-9,11,13H,1,3,6-7H2,(H,17,20)/t11-,13-/m1/s1. The lowest BCUT2D eigenvalue weighted by molar-refractivity contribution is -0.0742. The maximum atomic E-state index is 12.5. The Kier molecular flexibility index (Phi) is 4.56. The van der Waals surface area contributed by atoms with Gasteiger partial charge in [0.2, 0.25) is 0 Å². The number of hydrogen-bond donors (Lipinski definition) is 1. The molecule has 2 atom stereocenters. The number of hydrogen-bond acceptors (Lipinski definition) is 7. The Bertz CT molecular complexity index is 785. The Labute approximate surface area is 146 Å². The molecule has 1 fully saturated rings. The van der Waals surface area contributed by atoms with Gasteiger partial charge in [0.25, 0.3) is 5.91 Å². The van der Waals surface area contributed by atoms with Gasteiger partial charge in [-0.05, 0) is 6.42 Å². The fourth-order valence-electron chi connectivity index (χ4n) is 2.62. The van der Waals surface area contributed by atoms with Crippen LogP contribution in [-0.2, 0) is 16.1 Å². The second kappa shape index (κ2) is 6.98. The second-order valence-electron chi connectivity index (χ2n) is 5.49. The Hall–Kier alpha value is -1.81. The van der Waals surface area contributed by atoms with Crippen LogP contribution in [0.3, 0.4) is 0 Å². The molecule has 0 radical (unpaired) electrons. The number of amides is 1. The predicted octanol–water partition coefficient (Wildman–Crippen LogP) is 1.96. The summed E-state index contributed by atoms with van der Waals surface area (Å²) in [6.45, 7) is 1.50. The summed E-state index contributed by atoms with van der Waals surface area (Å²) < 4.78 is 13.2. The number of aromatic nitrogens is 3. The molecular weight excluding hydrogens is 348 g/mol. The number of thiazole rings is 2. The van der Waals surface area contributed by atoms with Gasteiger partial charge in [0.05, 0.1) is 30.5 Å². The molecule has 0 spiro atoms. The van der Waals surface area contributed by atoms with E-state index in [1.54, 1.807) is 11.7 Å². The lowest BCUT2D eigenvalue weighted by atomic mass is 10.1.